The Hall–Kier alpha value is -1.16. The fourth-order valence-corrected chi connectivity index (χ4v) is 2.55. The fraction of sp³-hybridized carbons (Fsp3) is 0.714. The second-order valence-electron chi connectivity index (χ2n) is 6.16. The standard InChI is InChI=1S/C14H24N4/c1-14(2,3)18-12-7-5-11(6-8-12)17-13-15-9-4-10-16-13/h4,9-12,18H,5-8H2,1-3H3,(H,15,16,17). The zero-order valence-electron chi connectivity index (χ0n) is 11.6. The van der Waals surface area contributed by atoms with E-state index in [0.29, 0.717) is 12.1 Å². The van der Waals surface area contributed by atoms with Crippen LogP contribution in [-0.4, -0.2) is 27.6 Å². The molecule has 0 amide bonds. The summed E-state index contributed by atoms with van der Waals surface area (Å²) in [6.45, 7) is 6.69. The van der Waals surface area contributed by atoms with Crippen LogP contribution in [0.4, 0.5) is 5.95 Å². The van der Waals surface area contributed by atoms with Gasteiger partial charge in [-0.3, -0.25) is 0 Å². The maximum Gasteiger partial charge on any atom is 0.222 e. The van der Waals surface area contributed by atoms with E-state index in [1.54, 1.807) is 12.4 Å². The van der Waals surface area contributed by atoms with Crippen molar-refractivity contribution in [3.63, 3.8) is 0 Å². The van der Waals surface area contributed by atoms with Crippen LogP contribution in [0, 0.1) is 0 Å². The highest BCUT2D eigenvalue weighted by Gasteiger charge is 2.24. The normalized spacial score (nSPS) is 24.8. The molecular formula is C14H24N4. The molecule has 2 rings (SSSR count). The Labute approximate surface area is 110 Å². The molecule has 100 valence electrons. The summed E-state index contributed by atoms with van der Waals surface area (Å²) in [6.07, 6.45) is 8.38. The third-order valence-electron chi connectivity index (χ3n) is 3.26. The van der Waals surface area contributed by atoms with Crippen LogP contribution in [-0.2, 0) is 0 Å². The van der Waals surface area contributed by atoms with Gasteiger partial charge < -0.3 is 10.6 Å². The lowest BCUT2D eigenvalue weighted by Gasteiger charge is -2.34. The first kappa shape index (κ1) is 13.3. The van der Waals surface area contributed by atoms with Crippen molar-refractivity contribution >= 4 is 5.95 Å². The molecule has 0 atom stereocenters. The maximum absolute atomic E-state index is 4.21. The lowest BCUT2D eigenvalue weighted by molar-refractivity contribution is 0.286. The summed E-state index contributed by atoms with van der Waals surface area (Å²) in [5.74, 6) is 0.754. The van der Waals surface area contributed by atoms with Crippen LogP contribution in [0.2, 0.25) is 0 Å². The van der Waals surface area contributed by atoms with Crippen LogP contribution in [0.5, 0.6) is 0 Å². The van der Waals surface area contributed by atoms with E-state index in [1.165, 1.54) is 25.7 Å². The topological polar surface area (TPSA) is 49.8 Å². The Kier molecular flexibility index (Phi) is 4.17. The van der Waals surface area contributed by atoms with Gasteiger partial charge in [-0.1, -0.05) is 0 Å². The average Bonchev–Trinajstić information content (AvgIpc) is 2.31. The molecule has 0 spiro atoms. The predicted molar refractivity (Wildman–Crippen MR) is 74.6 cm³/mol. The summed E-state index contributed by atoms with van der Waals surface area (Å²) in [5, 5.41) is 7.10. The van der Waals surface area contributed by atoms with E-state index >= 15 is 0 Å². The van der Waals surface area contributed by atoms with Crippen molar-refractivity contribution < 1.29 is 0 Å². The van der Waals surface area contributed by atoms with Crippen LogP contribution >= 0.6 is 0 Å². The molecule has 0 bridgehead atoms. The van der Waals surface area contributed by atoms with E-state index < -0.39 is 0 Å². The molecule has 1 fully saturated rings. The lowest BCUT2D eigenvalue weighted by Crippen LogP contribution is -2.46. The Balaban J connectivity index is 1.77. The van der Waals surface area contributed by atoms with Gasteiger partial charge in [0.2, 0.25) is 5.95 Å². The Bertz CT molecular complexity index is 350. The van der Waals surface area contributed by atoms with E-state index in [0.717, 1.165) is 5.95 Å². The van der Waals surface area contributed by atoms with Crippen molar-refractivity contribution in [2.75, 3.05) is 5.32 Å². The summed E-state index contributed by atoms with van der Waals surface area (Å²) in [5.41, 5.74) is 0.216. The predicted octanol–water partition coefficient (Wildman–Crippen LogP) is 2.59. The highest BCUT2D eigenvalue weighted by atomic mass is 15.1. The van der Waals surface area contributed by atoms with Crippen LogP contribution in [0.25, 0.3) is 0 Å². The summed E-state index contributed by atoms with van der Waals surface area (Å²) >= 11 is 0. The number of hydrogen-bond donors (Lipinski definition) is 2. The van der Waals surface area contributed by atoms with E-state index in [-0.39, 0.29) is 5.54 Å². The summed E-state index contributed by atoms with van der Waals surface area (Å²) in [7, 11) is 0. The number of hydrogen-bond acceptors (Lipinski definition) is 4. The largest absolute Gasteiger partial charge is 0.351 e. The molecule has 2 N–H and O–H groups in total. The van der Waals surface area contributed by atoms with Crippen molar-refractivity contribution in [2.45, 2.75) is 64.1 Å². The number of nitrogens with zero attached hydrogens (tertiary/aromatic N) is 2. The minimum absolute atomic E-state index is 0.216. The molecule has 0 aliphatic heterocycles. The molecular weight excluding hydrogens is 224 g/mol. The van der Waals surface area contributed by atoms with Crippen molar-refractivity contribution in [1.82, 2.24) is 15.3 Å². The second kappa shape index (κ2) is 5.65. The highest BCUT2D eigenvalue weighted by Crippen LogP contribution is 2.22. The van der Waals surface area contributed by atoms with Gasteiger partial charge in [0.25, 0.3) is 0 Å². The smallest absolute Gasteiger partial charge is 0.222 e. The number of aromatic nitrogens is 2. The van der Waals surface area contributed by atoms with Crippen LogP contribution in [0.3, 0.4) is 0 Å². The molecule has 1 aliphatic rings. The minimum Gasteiger partial charge on any atom is -0.351 e. The summed E-state index contributed by atoms with van der Waals surface area (Å²) in [6, 6.07) is 3.01. The molecule has 1 aliphatic carbocycles. The maximum atomic E-state index is 4.21. The quantitative estimate of drug-likeness (QED) is 0.863. The highest BCUT2D eigenvalue weighted by molar-refractivity contribution is 5.24. The molecule has 0 unspecified atom stereocenters. The van der Waals surface area contributed by atoms with Gasteiger partial charge in [0.05, 0.1) is 0 Å². The van der Waals surface area contributed by atoms with E-state index in [2.05, 4.69) is 41.4 Å². The fourth-order valence-electron chi connectivity index (χ4n) is 2.55. The van der Waals surface area contributed by atoms with E-state index in [9.17, 15) is 0 Å². The van der Waals surface area contributed by atoms with Gasteiger partial charge in [-0.25, -0.2) is 9.97 Å². The number of anilines is 1. The Morgan fingerprint density at radius 1 is 1.00 bits per heavy atom. The zero-order valence-corrected chi connectivity index (χ0v) is 11.6. The van der Waals surface area contributed by atoms with Crippen molar-refractivity contribution in [3.05, 3.63) is 18.5 Å². The lowest BCUT2D eigenvalue weighted by atomic mass is 9.89. The molecule has 18 heavy (non-hydrogen) atoms. The zero-order chi connectivity index (χ0) is 13.0. The molecule has 0 saturated heterocycles. The monoisotopic (exact) mass is 248 g/mol. The van der Waals surface area contributed by atoms with E-state index in [4.69, 9.17) is 0 Å². The van der Waals surface area contributed by atoms with Gasteiger partial charge in [0, 0.05) is 30.0 Å². The second-order valence-corrected chi connectivity index (χ2v) is 6.16. The molecule has 1 saturated carbocycles. The first-order chi connectivity index (χ1) is 8.53. The van der Waals surface area contributed by atoms with Gasteiger partial charge >= 0.3 is 0 Å². The summed E-state index contributed by atoms with van der Waals surface area (Å²) in [4.78, 5) is 8.43. The van der Waals surface area contributed by atoms with Crippen LogP contribution in [0.1, 0.15) is 46.5 Å². The molecule has 4 nitrogen and oxygen atoms in total. The molecule has 1 heterocycles. The summed E-state index contributed by atoms with van der Waals surface area (Å²) < 4.78 is 0. The SMILES string of the molecule is CC(C)(C)NC1CCC(Nc2ncccn2)CC1. The van der Waals surface area contributed by atoms with Crippen molar-refractivity contribution in [3.8, 4) is 0 Å². The van der Waals surface area contributed by atoms with E-state index in [1.807, 2.05) is 6.07 Å². The number of rotatable bonds is 3. The molecule has 0 aromatic carbocycles. The van der Waals surface area contributed by atoms with Crippen LogP contribution in [0.15, 0.2) is 18.5 Å². The minimum atomic E-state index is 0.216. The van der Waals surface area contributed by atoms with Gasteiger partial charge in [-0.05, 0) is 52.5 Å². The van der Waals surface area contributed by atoms with Crippen molar-refractivity contribution in [1.29, 1.82) is 0 Å². The van der Waals surface area contributed by atoms with Gasteiger partial charge in [-0.2, -0.15) is 0 Å². The first-order valence-corrected chi connectivity index (χ1v) is 6.84. The van der Waals surface area contributed by atoms with Crippen LogP contribution < -0.4 is 10.6 Å². The molecule has 0 radical (unpaired) electrons. The third-order valence-corrected chi connectivity index (χ3v) is 3.26. The van der Waals surface area contributed by atoms with Gasteiger partial charge in [0.15, 0.2) is 0 Å². The van der Waals surface area contributed by atoms with Gasteiger partial charge in [0.1, 0.15) is 0 Å². The molecule has 1 aromatic rings. The first-order valence-electron chi connectivity index (χ1n) is 6.84. The number of nitrogens with one attached hydrogen (secondary N) is 2. The Morgan fingerprint density at radius 2 is 1.56 bits per heavy atom. The van der Waals surface area contributed by atoms with Gasteiger partial charge in [-0.15, -0.1) is 0 Å². The molecule has 1 aromatic heterocycles. The third kappa shape index (κ3) is 4.26. The Morgan fingerprint density at radius 3 is 2.11 bits per heavy atom. The molecule has 4 heteroatoms. The van der Waals surface area contributed by atoms with Crippen molar-refractivity contribution in [2.24, 2.45) is 0 Å². The average molecular weight is 248 g/mol.